The van der Waals surface area contributed by atoms with Gasteiger partial charge in [-0.25, -0.2) is 0 Å². The maximum atomic E-state index is 12.8. The zero-order valence-electron chi connectivity index (χ0n) is 17.0. The number of para-hydroxylation sites is 1. The van der Waals surface area contributed by atoms with Crippen LogP contribution in [0.5, 0.6) is 0 Å². The molecule has 4 rings (SSSR count). The molecule has 1 atom stereocenters. The fraction of sp³-hybridized carbons (Fsp3) is 0.208. The van der Waals surface area contributed by atoms with Crippen molar-refractivity contribution in [1.82, 2.24) is 9.88 Å². The molecule has 0 saturated carbocycles. The molecule has 0 aliphatic carbocycles. The molecule has 5 nitrogen and oxygen atoms in total. The zero-order valence-corrected chi connectivity index (χ0v) is 17.8. The number of carbonyl (C=O) groups is 2. The quantitative estimate of drug-likeness (QED) is 0.639. The molecule has 30 heavy (non-hydrogen) atoms. The van der Waals surface area contributed by atoms with Crippen LogP contribution in [0.3, 0.4) is 0 Å². The molecule has 0 bridgehead atoms. The van der Waals surface area contributed by atoms with Crippen molar-refractivity contribution in [1.29, 1.82) is 0 Å². The van der Waals surface area contributed by atoms with Gasteiger partial charge in [0.05, 0.1) is 11.4 Å². The zero-order chi connectivity index (χ0) is 21.1. The first kappa shape index (κ1) is 20.2. The maximum Gasteiger partial charge on any atom is 0.248 e. The van der Waals surface area contributed by atoms with Crippen LogP contribution in [-0.4, -0.2) is 39.4 Å². The number of fused-ring (bicyclic) bond motifs is 1. The van der Waals surface area contributed by atoms with Gasteiger partial charge in [-0.15, -0.1) is 11.8 Å². The van der Waals surface area contributed by atoms with Crippen molar-refractivity contribution in [3.8, 4) is 0 Å². The van der Waals surface area contributed by atoms with Crippen LogP contribution in [0.25, 0.3) is 17.0 Å². The van der Waals surface area contributed by atoms with E-state index in [-0.39, 0.29) is 11.8 Å². The minimum Gasteiger partial charge on any atom is -0.324 e. The monoisotopic (exact) mass is 417 g/mol. The second-order valence-electron chi connectivity index (χ2n) is 7.37. The molecule has 1 aromatic heterocycles. The van der Waals surface area contributed by atoms with Crippen LogP contribution in [0.4, 0.5) is 5.69 Å². The van der Waals surface area contributed by atoms with E-state index in [2.05, 4.69) is 10.3 Å². The van der Waals surface area contributed by atoms with Gasteiger partial charge in [-0.3, -0.25) is 14.6 Å². The van der Waals surface area contributed by atoms with Crippen molar-refractivity contribution < 1.29 is 9.59 Å². The topological polar surface area (TPSA) is 62.3 Å². The van der Waals surface area contributed by atoms with Crippen LogP contribution < -0.4 is 5.32 Å². The number of nitrogens with zero attached hydrogens (tertiary/aromatic N) is 2. The van der Waals surface area contributed by atoms with E-state index in [1.165, 1.54) is 11.6 Å². The summed E-state index contributed by atoms with van der Waals surface area (Å²) in [6, 6.07) is 15.1. The molecule has 1 unspecified atom stereocenters. The van der Waals surface area contributed by atoms with Crippen molar-refractivity contribution >= 4 is 46.2 Å². The molecule has 6 heteroatoms. The van der Waals surface area contributed by atoms with Gasteiger partial charge in [-0.05, 0) is 49.2 Å². The van der Waals surface area contributed by atoms with Gasteiger partial charge in [0, 0.05) is 34.7 Å². The van der Waals surface area contributed by atoms with Crippen molar-refractivity contribution in [3.63, 3.8) is 0 Å². The second-order valence-corrected chi connectivity index (χ2v) is 8.37. The second kappa shape index (κ2) is 8.71. The van der Waals surface area contributed by atoms with E-state index in [0.717, 1.165) is 27.7 Å². The van der Waals surface area contributed by atoms with Crippen molar-refractivity contribution in [3.05, 3.63) is 77.5 Å². The number of aryl methyl sites for hydroxylation is 2. The number of amides is 2. The van der Waals surface area contributed by atoms with Gasteiger partial charge in [0.2, 0.25) is 11.8 Å². The highest BCUT2D eigenvalue weighted by atomic mass is 32.2. The number of carbonyl (C=O) groups excluding carboxylic acids is 2. The number of benzene rings is 2. The third-order valence-electron chi connectivity index (χ3n) is 5.31. The molecule has 1 aliphatic heterocycles. The van der Waals surface area contributed by atoms with E-state index >= 15 is 0 Å². The first-order chi connectivity index (χ1) is 14.5. The summed E-state index contributed by atoms with van der Waals surface area (Å²) in [5.74, 6) is 0.763. The van der Waals surface area contributed by atoms with Crippen LogP contribution in [0.15, 0.2) is 60.8 Å². The normalized spacial score (nSPS) is 16.3. The molecule has 152 valence electrons. The van der Waals surface area contributed by atoms with E-state index in [0.29, 0.717) is 11.6 Å². The van der Waals surface area contributed by atoms with Crippen LogP contribution in [0.2, 0.25) is 0 Å². The number of rotatable bonds is 4. The lowest BCUT2D eigenvalue weighted by Crippen LogP contribution is -2.43. The summed E-state index contributed by atoms with van der Waals surface area (Å²) in [7, 11) is 0. The third kappa shape index (κ3) is 4.24. The molecule has 0 spiro atoms. The Bertz CT molecular complexity index is 1140. The number of nitrogens with one attached hydrogen (secondary N) is 1. The maximum absolute atomic E-state index is 12.8. The first-order valence-corrected chi connectivity index (χ1v) is 11.0. The lowest BCUT2D eigenvalue weighted by Gasteiger charge is -2.22. The average molecular weight is 418 g/mol. The summed E-state index contributed by atoms with van der Waals surface area (Å²) >= 11 is 1.59. The van der Waals surface area contributed by atoms with Crippen molar-refractivity contribution in [2.24, 2.45) is 0 Å². The van der Waals surface area contributed by atoms with Crippen LogP contribution >= 0.6 is 11.8 Å². The summed E-state index contributed by atoms with van der Waals surface area (Å²) in [5.41, 5.74) is 4.78. The molecule has 2 aromatic carbocycles. The molecule has 2 amide bonds. The number of thioether (sulfide) groups is 1. The summed E-state index contributed by atoms with van der Waals surface area (Å²) in [6.07, 6.45) is 5.05. The molecule has 1 fully saturated rings. The molecule has 2 heterocycles. The minimum absolute atomic E-state index is 0.156. The van der Waals surface area contributed by atoms with E-state index in [4.69, 9.17) is 0 Å². The highest BCUT2D eigenvalue weighted by Crippen LogP contribution is 2.24. The highest BCUT2D eigenvalue weighted by molar-refractivity contribution is 7.99. The Kier molecular flexibility index (Phi) is 5.86. The SMILES string of the molecule is Cc1ccc(NC(=O)C2CSCN2C(=O)/C=C/c2cccc3cccnc23)cc1C. The minimum atomic E-state index is -0.487. The van der Waals surface area contributed by atoms with Crippen LogP contribution in [0.1, 0.15) is 16.7 Å². The molecule has 1 saturated heterocycles. The van der Waals surface area contributed by atoms with Crippen LogP contribution in [0, 0.1) is 13.8 Å². The Morgan fingerprint density at radius 3 is 2.80 bits per heavy atom. The molecule has 1 N–H and O–H groups in total. The van der Waals surface area contributed by atoms with E-state index in [1.54, 1.807) is 28.9 Å². The van der Waals surface area contributed by atoms with Crippen LogP contribution in [-0.2, 0) is 9.59 Å². The fourth-order valence-corrected chi connectivity index (χ4v) is 4.60. The van der Waals surface area contributed by atoms with Gasteiger partial charge in [0.15, 0.2) is 0 Å². The fourth-order valence-electron chi connectivity index (χ4n) is 3.44. The highest BCUT2D eigenvalue weighted by Gasteiger charge is 2.33. The number of hydrogen-bond acceptors (Lipinski definition) is 4. The van der Waals surface area contributed by atoms with Gasteiger partial charge in [0.25, 0.3) is 0 Å². The molecular weight excluding hydrogens is 394 g/mol. The van der Waals surface area contributed by atoms with Gasteiger partial charge >= 0.3 is 0 Å². The van der Waals surface area contributed by atoms with Gasteiger partial charge in [0.1, 0.15) is 6.04 Å². The predicted octanol–water partition coefficient (Wildman–Crippen LogP) is 4.41. The van der Waals surface area contributed by atoms with Crippen molar-refractivity contribution in [2.75, 3.05) is 16.9 Å². The lowest BCUT2D eigenvalue weighted by atomic mass is 10.1. The summed E-state index contributed by atoms with van der Waals surface area (Å²) in [4.78, 5) is 31.7. The molecule has 0 radical (unpaired) electrons. The van der Waals surface area contributed by atoms with Crippen molar-refractivity contribution in [2.45, 2.75) is 19.9 Å². The largest absolute Gasteiger partial charge is 0.324 e. The van der Waals surface area contributed by atoms with E-state index in [9.17, 15) is 9.59 Å². The third-order valence-corrected chi connectivity index (χ3v) is 6.32. The smallest absolute Gasteiger partial charge is 0.248 e. The Hall–Kier alpha value is -3.12. The van der Waals surface area contributed by atoms with E-state index < -0.39 is 6.04 Å². The van der Waals surface area contributed by atoms with Gasteiger partial charge in [-0.2, -0.15) is 0 Å². The number of aromatic nitrogens is 1. The Labute approximate surface area is 180 Å². The number of hydrogen-bond donors (Lipinski definition) is 1. The number of anilines is 1. The molecular formula is C24H23N3O2S. The Morgan fingerprint density at radius 1 is 1.13 bits per heavy atom. The number of pyridine rings is 1. The summed E-state index contributed by atoms with van der Waals surface area (Å²) in [5, 5.41) is 3.98. The average Bonchev–Trinajstić information content (AvgIpc) is 3.25. The molecule has 3 aromatic rings. The van der Waals surface area contributed by atoms with Gasteiger partial charge < -0.3 is 10.2 Å². The van der Waals surface area contributed by atoms with E-state index in [1.807, 2.05) is 62.4 Å². The standard InChI is InChI=1S/C24H23N3O2S/c1-16-8-10-20(13-17(16)2)26-24(29)21-14-30-15-27(21)22(28)11-9-19-6-3-5-18-7-4-12-25-23(18)19/h3-13,21H,14-15H2,1-2H3,(H,26,29)/b11-9+. The van der Waals surface area contributed by atoms with Gasteiger partial charge in [-0.1, -0.05) is 30.3 Å². The molecule has 1 aliphatic rings. The lowest BCUT2D eigenvalue weighted by molar-refractivity contribution is -0.132. The summed E-state index contributed by atoms with van der Waals surface area (Å²) < 4.78 is 0. The summed E-state index contributed by atoms with van der Waals surface area (Å²) in [6.45, 7) is 4.05. The predicted molar refractivity (Wildman–Crippen MR) is 123 cm³/mol. The Morgan fingerprint density at radius 2 is 1.97 bits per heavy atom. The Balaban J connectivity index is 1.48. The first-order valence-electron chi connectivity index (χ1n) is 9.81.